The van der Waals surface area contributed by atoms with E-state index >= 15 is 0 Å². The van der Waals surface area contributed by atoms with Crippen LogP contribution < -0.4 is 0 Å². The van der Waals surface area contributed by atoms with Gasteiger partial charge in [0.2, 0.25) is 15.9 Å². The Kier molecular flexibility index (Phi) is 6.65. The molecule has 28 heavy (non-hydrogen) atoms. The second-order valence-electron chi connectivity index (χ2n) is 6.98. The highest BCUT2D eigenvalue weighted by atomic mass is 35.5. The second kappa shape index (κ2) is 8.82. The fraction of sp³-hybridized carbons (Fsp3) is 0.350. The smallest absolute Gasteiger partial charge is 0.243 e. The number of halogens is 2. The molecule has 2 aromatic carbocycles. The summed E-state index contributed by atoms with van der Waals surface area (Å²) in [6.07, 6.45) is 1.33. The fourth-order valence-corrected chi connectivity index (χ4v) is 5.15. The molecule has 2 aromatic rings. The molecule has 0 bridgehead atoms. The summed E-state index contributed by atoms with van der Waals surface area (Å²) in [7, 11) is -1.91. The summed E-state index contributed by atoms with van der Waals surface area (Å²) in [4.78, 5) is 14.7. The van der Waals surface area contributed by atoms with Gasteiger partial charge in [-0.05, 0) is 54.8 Å². The molecule has 1 fully saturated rings. The van der Waals surface area contributed by atoms with Crippen molar-refractivity contribution in [3.63, 3.8) is 0 Å². The maximum Gasteiger partial charge on any atom is 0.243 e. The summed E-state index contributed by atoms with van der Waals surface area (Å²) in [5, 5.41) is 1.13. The minimum atomic E-state index is -3.65. The van der Waals surface area contributed by atoms with Gasteiger partial charge in [-0.2, -0.15) is 4.31 Å². The molecule has 0 spiro atoms. The van der Waals surface area contributed by atoms with Crippen LogP contribution in [0.3, 0.4) is 0 Å². The molecule has 0 N–H and O–H groups in total. The predicted octanol–water partition coefficient (Wildman–Crippen LogP) is 4.05. The average Bonchev–Trinajstić information content (AvgIpc) is 2.69. The van der Waals surface area contributed by atoms with Gasteiger partial charge in [0.05, 0.1) is 10.8 Å². The van der Waals surface area contributed by atoms with Gasteiger partial charge >= 0.3 is 0 Å². The van der Waals surface area contributed by atoms with Gasteiger partial charge in [0.15, 0.2) is 0 Å². The van der Waals surface area contributed by atoms with Crippen molar-refractivity contribution in [1.29, 1.82) is 0 Å². The van der Waals surface area contributed by atoms with Gasteiger partial charge in [-0.15, -0.1) is 0 Å². The Hall–Kier alpha value is -1.60. The summed E-state index contributed by atoms with van der Waals surface area (Å²) in [6.45, 7) is 1.06. The van der Waals surface area contributed by atoms with E-state index in [1.54, 1.807) is 36.2 Å². The SMILES string of the molecule is CN(Cc1ccc(Cl)cc1)C(=O)[C@H]1CCCN(S(=O)(=O)c2ccc(Cl)cc2)C1. The van der Waals surface area contributed by atoms with Crippen molar-refractivity contribution in [2.24, 2.45) is 5.92 Å². The Morgan fingerprint density at radius 1 is 1.07 bits per heavy atom. The topological polar surface area (TPSA) is 57.7 Å². The summed E-state index contributed by atoms with van der Waals surface area (Å²) >= 11 is 11.8. The summed E-state index contributed by atoms with van der Waals surface area (Å²) < 4.78 is 27.2. The van der Waals surface area contributed by atoms with Crippen LogP contribution in [-0.4, -0.2) is 43.7 Å². The molecule has 1 heterocycles. The molecular weight excluding hydrogens is 419 g/mol. The van der Waals surface area contributed by atoms with E-state index in [0.29, 0.717) is 36.0 Å². The predicted molar refractivity (Wildman–Crippen MR) is 111 cm³/mol. The molecule has 150 valence electrons. The minimum Gasteiger partial charge on any atom is -0.341 e. The first-order valence-corrected chi connectivity index (χ1v) is 11.2. The van der Waals surface area contributed by atoms with Crippen LogP contribution in [-0.2, 0) is 21.4 Å². The zero-order valence-electron chi connectivity index (χ0n) is 15.5. The van der Waals surface area contributed by atoms with E-state index in [-0.39, 0.29) is 23.3 Å². The van der Waals surface area contributed by atoms with Crippen LogP contribution in [0.1, 0.15) is 18.4 Å². The number of sulfonamides is 1. The number of carbonyl (C=O) groups is 1. The van der Waals surface area contributed by atoms with Crippen LogP contribution in [0.25, 0.3) is 0 Å². The number of amides is 1. The lowest BCUT2D eigenvalue weighted by Crippen LogP contribution is -2.45. The van der Waals surface area contributed by atoms with Crippen LogP contribution in [0.5, 0.6) is 0 Å². The molecule has 0 aliphatic carbocycles. The lowest BCUT2D eigenvalue weighted by molar-refractivity contribution is -0.135. The van der Waals surface area contributed by atoms with Crippen molar-refractivity contribution in [2.75, 3.05) is 20.1 Å². The molecule has 5 nitrogen and oxygen atoms in total. The Balaban J connectivity index is 1.68. The number of carbonyl (C=O) groups excluding carboxylic acids is 1. The first kappa shape index (κ1) is 21.1. The average molecular weight is 441 g/mol. The quantitative estimate of drug-likeness (QED) is 0.704. The van der Waals surface area contributed by atoms with Gasteiger partial charge in [-0.25, -0.2) is 8.42 Å². The van der Waals surface area contributed by atoms with Gasteiger partial charge in [-0.3, -0.25) is 4.79 Å². The van der Waals surface area contributed by atoms with E-state index in [1.807, 2.05) is 12.1 Å². The Morgan fingerprint density at radius 3 is 2.25 bits per heavy atom. The molecule has 1 aliphatic heterocycles. The zero-order chi connectivity index (χ0) is 20.3. The Labute approximate surface area is 175 Å². The third-order valence-corrected chi connectivity index (χ3v) is 7.28. The van der Waals surface area contributed by atoms with Gasteiger partial charge < -0.3 is 4.90 Å². The van der Waals surface area contributed by atoms with Crippen LogP contribution in [0.2, 0.25) is 10.0 Å². The molecule has 0 unspecified atom stereocenters. The fourth-order valence-electron chi connectivity index (χ4n) is 3.37. The monoisotopic (exact) mass is 440 g/mol. The molecular formula is C20H22Cl2N2O3S. The molecule has 1 amide bonds. The van der Waals surface area contributed by atoms with Crippen molar-refractivity contribution in [2.45, 2.75) is 24.3 Å². The lowest BCUT2D eigenvalue weighted by atomic mass is 9.98. The first-order valence-electron chi connectivity index (χ1n) is 9.02. The Morgan fingerprint density at radius 2 is 1.64 bits per heavy atom. The molecule has 0 radical (unpaired) electrons. The highest BCUT2D eigenvalue weighted by molar-refractivity contribution is 7.89. The standard InChI is InChI=1S/C20H22Cl2N2O3S/c1-23(13-15-4-6-17(21)7-5-15)20(25)16-3-2-12-24(14-16)28(26,27)19-10-8-18(22)9-11-19/h4-11,16H,2-3,12-14H2,1H3/t16-/m0/s1. The molecule has 0 saturated carbocycles. The van der Waals surface area contributed by atoms with Crippen molar-refractivity contribution in [3.05, 3.63) is 64.1 Å². The summed E-state index contributed by atoms with van der Waals surface area (Å²) in [5.74, 6) is -0.404. The van der Waals surface area contributed by atoms with Crippen LogP contribution in [0.15, 0.2) is 53.4 Å². The molecule has 1 saturated heterocycles. The number of hydrogen-bond donors (Lipinski definition) is 0. The van der Waals surface area contributed by atoms with E-state index in [2.05, 4.69) is 0 Å². The molecule has 0 aromatic heterocycles. The minimum absolute atomic E-state index is 0.0500. The molecule has 8 heteroatoms. The zero-order valence-corrected chi connectivity index (χ0v) is 17.8. The number of rotatable bonds is 5. The first-order chi connectivity index (χ1) is 13.3. The van der Waals surface area contributed by atoms with Crippen molar-refractivity contribution in [3.8, 4) is 0 Å². The van der Waals surface area contributed by atoms with E-state index in [4.69, 9.17) is 23.2 Å². The normalized spacial score (nSPS) is 18.0. The molecule has 3 rings (SSSR count). The van der Waals surface area contributed by atoms with E-state index in [0.717, 1.165) is 5.56 Å². The van der Waals surface area contributed by atoms with Crippen molar-refractivity contribution >= 4 is 39.1 Å². The van der Waals surface area contributed by atoms with Crippen LogP contribution in [0.4, 0.5) is 0 Å². The summed E-state index contributed by atoms with van der Waals surface area (Å²) in [5.41, 5.74) is 0.974. The largest absolute Gasteiger partial charge is 0.341 e. The van der Waals surface area contributed by atoms with Crippen LogP contribution >= 0.6 is 23.2 Å². The van der Waals surface area contributed by atoms with E-state index in [1.165, 1.54) is 16.4 Å². The maximum atomic E-state index is 12.9. The van der Waals surface area contributed by atoms with Gasteiger partial charge in [-0.1, -0.05) is 35.3 Å². The van der Waals surface area contributed by atoms with Gasteiger partial charge in [0.25, 0.3) is 0 Å². The third kappa shape index (κ3) is 4.87. The number of piperidine rings is 1. The van der Waals surface area contributed by atoms with Crippen LogP contribution in [0, 0.1) is 5.92 Å². The second-order valence-corrected chi connectivity index (χ2v) is 9.79. The van der Waals surface area contributed by atoms with Gasteiger partial charge in [0.1, 0.15) is 0 Å². The Bertz CT molecular complexity index is 931. The lowest BCUT2D eigenvalue weighted by Gasteiger charge is -2.33. The van der Waals surface area contributed by atoms with E-state index < -0.39 is 10.0 Å². The number of hydrogen-bond acceptors (Lipinski definition) is 3. The highest BCUT2D eigenvalue weighted by Crippen LogP contribution is 2.26. The van der Waals surface area contributed by atoms with Crippen molar-refractivity contribution < 1.29 is 13.2 Å². The summed E-state index contributed by atoms with van der Waals surface area (Å²) in [6, 6.07) is 13.4. The third-order valence-electron chi connectivity index (χ3n) is 4.89. The number of benzene rings is 2. The molecule has 1 aliphatic rings. The van der Waals surface area contributed by atoms with Crippen molar-refractivity contribution in [1.82, 2.24) is 9.21 Å². The van der Waals surface area contributed by atoms with E-state index in [9.17, 15) is 13.2 Å². The van der Waals surface area contributed by atoms with Gasteiger partial charge in [0, 0.05) is 36.7 Å². The highest BCUT2D eigenvalue weighted by Gasteiger charge is 2.34. The molecule has 1 atom stereocenters. The number of nitrogens with zero attached hydrogens (tertiary/aromatic N) is 2. The maximum absolute atomic E-state index is 12.9.